The smallest absolute Gasteiger partial charge is 0.321 e. The highest BCUT2D eigenvalue weighted by Gasteiger charge is 2.57. The first-order valence-electron chi connectivity index (χ1n) is 13.6. The first-order chi connectivity index (χ1) is 18.4. The lowest BCUT2D eigenvalue weighted by Gasteiger charge is -2.47. The van der Waals surface area contributed by atoms with Gasteiger partial charge >= 0.3 is 9.96 Å². The van der Waals surface area contributed by atoms with Crippen LogP contribution in [0.25, 0.3) is 0 Å². The van der Waals surface area contributed by atoms with Crippen LogP contribution < -0.4 is 0 Å². The highest BCUT2D eigenvalue weighted by Crippen LogP contribution is 2.50. The molecule has 3 fully saturated rings. The van der Waals surface area contributed by atoms with E-state index in [1.807, 2.05) is 47.9 Å². The summed E-state index contributed by atoms with van der Waals surface area (Å²) in [4.78, 5) is 33.5. The van der Waals surface area contributed by atoms with Gasteiger partial charge in [-0.05, 0) is 68.9 Å². The van der Waals surface area contributed by atoms with E-state index in [0.717, 1.165) is 39.3 Å². The van der Waals surface area contributed by atoms with E-state index < -0.39 is 15.4 Å². The molecule has 1 spiro atoms. The second-order valence-corrected chi connectivity index (χ2v) is 12.7. The minimum absolute atomic E-state index is 0.0663. The summed E-state index contributed by atoms with van der Waals surface area (Å²) in [5, 5.41) is 0. The number of ether oxygens (including phenoxy) is 1. The van der Waals surface area contributed by atoms with Crippen molar-refractivity contribution in [3.05, 3.63) is 70.3 Å². The topological polar surface area (TPSA) is 53.1 Å². The summed E-state index contributed by atoms with van der Waals surface area (Å²) in [5.41, 5.74) is 3.02. The maximum atomic E-state index is 14.2. The zero-order chi connectivity index (χ0) is 28.1. The van der Waals surface area contributed by atoms with E-state index in [1.54, 1.807) is 18.9 Å². The first-order valence-corrected chi connectivity index (χ1v) is 14.7. The van der Waals surface area contributed by atoms with Crippen LogP contribution in [0.3, 0.4) is 0 Å². The molecule has 6 nitrogen and oxygen atoms in total. The van der Waals surface area contributed by atoms with Crippen LogP contribution in [-0.2, 0) is 13.5 Å². The summed E-state index contributed by atoms with van der Waals surface area (Å²) in [7, 11) is 1.73. The number of hydrogen-bond acceptors (Lipinski definition) is 3. The monoisotopic (exact) mass is 651 g/mol. The first kappa shape index (κ1) is 28.3. The lowest BCUT2D eigenvalue weighted by molar-refractivity contribution is -0.142. The fourth-order valence-electron chi connectivity index (χ4n) is 6.66. The summed E-state index contributed by atoms with van der Waals surface area (Å²) >= 11 is 1.15. The average molecular weight is 652 g/mol. The number of halogens is 3. The van der Waals surface area contributed by atoms with Crippen LogP contribution in [0.4, 0.5) is 13.6 Å². The van der Waals surface area contributed by atoms with Crippen molar-refractivity contribution in [1.29, 1.82) is 0 Å². The van der Waals surface area contributed by atoms with Gasteiger partial charge in [0.2, 0.25) is 5.91 Å². The molecule has 0 unspecified atom stereocenters. The Morgan fingerprint density at radius 1 is 1.15 bits per heavy atom. The summed E-state index contributed by atoms with van der Waals surface area (Å²) < 4.78 is 30.9. The molecule has 5 rings (SSSR count). The molecular formula is C30H36F2IN3O3. The third-order valence-corrected chi connectivity index (χ3v) is 9.61. The lowest BCUT2D eigenvalue weighted by Crippen LogP contribution is -2.57. The van der Waals surface area contributed by atoms with Crippen molar-refractivity contribution in [1.82, 2.24) is 14.7 Å². The normalized spacial score (nSPS) is 23.6. The molecule has 0 aliphatic carbocycles. The number of piperazine rings is 1. The van der Waals surface area contributed by atoms with E-state index in [1.165, 1.54) is 12.1 Å². The quantitative estimate of drug-likeness (QED) is 0.286. The van der Waals surface area contributed by atoms with E-state index in [9.17, 15) is 18.4 Å². The Morgan fingerprint density at radius 2 is 1.85 bits per heavy atom. The van der Waals surface area contributed by atoms with Crippen LogP contribution in [0.15, 0.2) is 42.5 Å². The SMILES string of the molecule is Cc1cc([C@@H](C)N(C)C(=O)N2CCN3C(=O)C4(CCOCC4)C[C@H]3[C@@H]2c2ccccc2C)cc(C(F)(F)I)c1. The molecule has 0 radical (unpaired) electrons. The molecule has 3 aliphatic rings. The van der Waals surface area contributed by atoms with E-state index in [-0.39, 0.29) is 29.6 Å². The third-order valence-electron chi connectivity index (χ3n) is 8.99. The summed E-state index contributed by atoms with van der Waals surface area (Å²) in [6.07, 6.45) is 2.12. The Balaban J connectivity index is 1.48. The molecule has 3 saturated heterocycles. The number of aryl methyl sites for hydroxylation is 2. The zero-order valence-electron chi connectivity index (χ0n) is 22.9. The summed E-state index contributed by atoms with van der Waals surface area (Å²) in [6.45, 7) is 7.77. The Bertz CT molecular complexity index is 1260. The van der Waals surface area contributed by atoms with Gasteiger partial charge in [0.1, 0.15) is 0 Å². The van der Waals surface area contributed by atoms with Crippen LogP contribution in [0.2, 0.25) is 0 Å². The number of alkyl halides is 3. The number of rotatable bonds is 4. The molecule has 0 N–H and O–H groups in total. The molecule has 2 aromatic rings. The summed E-state index contributed by atoms with van der Waals surface area (Å²) in [5.74, 6) is 0.190. The maximum Gasteiger partial charge on any atom is 0.321 e. The number of carbonyl (C=O) groups excluding carboxylic acids is 2. The van der Waals surface area contributed by atoms with Crippen molar-refractivity contribution in [3.63, 3.8) is 0 Å². The minimum Gasteiger partial charge on any atom is -0.381 e. The van der Waals surface area contributed by atoms with Crippen molar-refractivity contribution in [2.24, 2.45) is 5.41 Å². The number of benzene rings is 2. The molecule has 0 saturated carbocycles. The van der Waals surface area contributed by atoms with Crippen LogP contribution in [-0.4, -0.2) is 66.0 Å². The molecule has 9 heteroatoms. The van der Waals surface area contributed by atoms with Crippen molar-refractivity contribution < 1.29 is 23.1 Å². The minimum atomic E-state index is -3.00. The number of urea groups is 1. The molecule has 3 atom stereocenters. The number of nitrogens with zero attached hydrogens (tertiary/aromatic N) is 3. The highest BCUT2D eigenvalue weighted by molar-refractivity contribution is 14.1. The molecule has 210 valence electrons. The van der Waals surface area contributed by atoms with Gasteiger partial charge in [0.15, 0.2) is 0 Å². The molecular weight excluding hydrogens is 615 g/mol. The fourth-order valence-corrected chi connectivity index (χ4v) is 6.97. The number of amides is 3. The molecule has 0 aromatic heterocycles. The third kappa shape index (κ3) is 5.16. The standard InChI is InChI=1S/C30H36F2IN3O3/c1-19-15-22(17-23(16-19)30(31,32)33)21(3)34(4)28(38)36-12-11-35-25(26(36)24-8-6-5-7-20(24)2)18-29(27(35)37)9-13-39-14-10-29/h5-8,15-17,21,25-26H,9-14,18H2,1-4H3/t21-,25+,26+/m1/s1. The second-order valence-electron chi connectivity index (χ2n) is 11.4. The Hall–Kier alpha value is -2.27. The predicted octanol–water partition coefficient (Wildman–Crippen LogP) is 6.36. The van der Waals surface area contributed by atoms with Crippen molar-refractivity contribution >= 4 is 34.5 Å². The predicted molar refractivity (Wildman–Crippen MR) is 154 cm³/mol. The van der Waals surface area contributed by atoms with Gasteiger partial charge in [-0.3, -0.25) is 4.79 Å². The maximum absolute atomic E-state index is 14.2. The van der Waals surface area contributed by atoms with Gasteiger partial charge in [0.05, 0.1) is 23.5 Å². The van der Waals surface area contributed by atoms with Crippen LogP contribution >= 0.6 is 22.6 Å². The largest absolute Gasteiger partial charge is 0.381 e. The van der Waals surface area contributed by atoms with Crippen LogP contribution in [0.5, 0.6) is 0 Å². The number of hydrogen-bond donors (Lipinski definition) is 0. The Kier molecular flexibility index (Phi) is 7.69. The van der Waals surface area contributed by atoms with Gasteiger partial charge in [-0.2, -0.15) is 8.78 Å². The van der Waals surface area contributed by atoms with Crippen molar-refractivity contribution in [2.45, 2.75) is 62.1 Å². The van der Waals surface area contributed by atoms with E-state index in [4.69, 9.17) is 4.74 Å². The van der Waals surface area contributed by atoms with Crippen LogP contribution in [0.1, 0.15) is 66.1 Å². The zero-order valence-corrected chi connectivity index (χ0v) is 25.1. The van der Waals surface area contributed by atoms with Gasteiger partial charge in [0, 0.05) is 61.5 Å². The van der Waals surface area contributed by atoms with Gasteiger partial charge < -0.3 is 19.4 Å². The van der Waals surface area contributed by atoms with Crippen molar-refractivity contribution in [2.75, 3.05) is 33.4 Å². The van der Waals surface area contributed by atoms with Gasteiger partial charge in [-0.1, -0.05) is 35.9 Å². The van der Waals surface area contributed by atoms with E-state index >= 15 is 0 Å². The van der Waals surface area contributed by atoms with Gasteiger partial charge in [-0.25, -0.2) is 4.79 Å². The van der Waals surface area contributed by atoms with Crippen LogP contribution in [0, 0.1) is 19.3 Å². The second kappa shape index (κ2) is 10.6. The molecule has 2 aromatic carbocycles. The average Bonchev–Trinajstić information content (AvgIpc) is 3.17. The fraction of sp³-hybridized carbons (Fsp3) is 0.533. The Labute approximate surface area is 242 Å². The number of carbonyl (C=O) groups is 2. The number of fused-ring (bicyclic) bond motifs is 1. The van der Waals surface area contributed by atoms with E-state index in [2.05, 4.69) is 6.07 Å². The van der Waals surface area contributed by atoms with Crippen molar-refractivity contribution in [3.8, 4) is 0 Å². The molecule has 3 heterocycles. The molecule has 39 heavy (non-hydrogen) atoms. The van der Waals surface area contributed by atoms with Gasteiger partial charge in [0.25, 0.3) is 0 Å². The molecule has 0 bridgehead atoms. The summed E-state index contributed by atoms with van der Waals surface area (Å²) in [6, 6.07) is 11.9. The Morgan fingerprint density at radius 3 is 2.51 bits per heavy atom. The lowest BCUT2D eigenvalue weighted by atomic mass is 9.76. The van der Waals surface area contributed by atoms with Gasteiger partial charge in [-0.15, -0.1) is 0 Å². The molecule has 3 aliphatic heterocycles. The molecule has 3 amide bonds. The van der Waals surface area contributed by atoms with E-state index in [0.29, 0.717) is 51.1 Å². The highest BCUT2D eigenvalue weighted by atomic mass is 127.